The predicted molar refractivity (Wildman–Crippen MR) is 158 cm³/mol. The van der Waals surface area contributed by atoms with Crippen molar-refractivity contribution in [1.82, 2.24) is 10.3 Å². The third kappa shape index (κ3) is 5.73. The lowest BCUT2D eigenvalue weighted by Crippen LogP contribution is -2.29. The largest absolute Gasteiger partial charge is 0.495 e. The van der Waals surface area contributed by atoms with Crippen LogP contribution in [-0.4, -0.2) is 47.9 Å². The Labute approximate surface area is 245 Å². The molecule has 0 radical (unpaired) electrons. The molecule has 2 aromatic heterocycles. The number of thiocarbonyl (C=S) groups is 1. The fraction of sp³-hybridized carbons (Fsp3) is 0.172. The molecule has 3 heterocycles. The Morgan fingerprint density at radius 3 is 2.68 bits per heavy atom. The topological polar surface area (TPSA) is 126 Å². The molecule has 2 aromatic carbocycles. The number of benzene rings is 2. The standard InChI is InChI=1S/C29H25ClN4O6S/c1-38-15-25(35)32-21-14-17(7-9-23(21)39-2)34-27(26(33-29(34)41)20-5-3-4-12-31-20)24-11-10-22(40-24)18-13-16(28(36)37)6-8-19(18)30/h3-14,26-27H,15H2,1-2H3,(H,32,35)(H,33,41)(H,36,37)/t26-,27+/m0/s1. The van der Waals surface area contributed by atoms with Crippen molar-refractivity contribution in [3.63, 3.8) is 0 Å². The molecule has 0 bridgehead atoms. The molecule has 1 saturated heterocycles. The second-order valence-corrected chi connectivity index (χ2v) is 9.86. The van der Waals surface area contributed by atoms with Gasteiger partial charge < -0.3 is 34.5 Å². The van der Waals surface area contributed by atoms with Crippen molar-refractivity contribution in [1.29, 1.82) is 0 Å². The number of hydrogen-bond donors (Lipinski definition) is 3. The van der Waals surface area contributed by atoms with E-state index in [1.165, 1.54) is 32.4 Å². The first kappa shape index (κ1) is 28.1. The van der Waals surface area contributed by atoms with Gasteiger partial charge in [0, 0.05) is 24.6 Å². The van der Waals surface area contributed by atoms with Crippen LogP contribution in [0, 0.1) is 0 Å². The zero-order valence-electron chi connectivity index (χ0n) is 22.0. The van der Waals surface area contributed by atoms with Crippen LogP contribution in [0.5, 0.6) is 5.75 Å². The number of carbonyl (C=O) groups excluding carboxylic acids is 1. The van der Waals surface area contributed by atoms with Crippen LogP contribution < -0.4 is 20.3 Å². The number of carboxylic acids is 1. The summed E-state index contributed by atoms with van der Waals surface area (Å²) in [6.45, 7) is -0.123. The predicted octanol–water partition coefficient (Wildman–Crippen LogP) is 5.46. The van der Waals surface area contributed by atoms with Gasteiger partial charge in [0.15, 0.2) is 5.11 Å². The van der Waals surface area contributed by atoms with Crippen molar-refractivity contribution in [2.24, 2.45) is 0 Å². The molecular formula is C29H25ClN4O6S. The Kier molecular flexibility index (Phi) is 8.20. The minimum absolute atomic E-state index is 0.0836. The van der Waals surface area contributed by atoms with E-state index in [0.29, 0.717) is 44.3 Å². The summed E-state index contributed by atoms with van der Waals surface area (Å²) in [5, 5.41) is 16.4. The monoisotopic (exact) mass is 592 g/mol. The fourth-order valence-corrected chi connectivity index (χ4v) is 5.24. The van der Waals surface area contributed by atoms with Gasteiger partial charge in [-0.25, -0.2) is 4.79 Å². The maximum atomic E-state index is 12.3. The first-order valence-electron chi connectivity index (χ1n) is 12.4. The normalized spacial score (nSPS) is 16.4. The van der Waals surface area contributed by atoms with Gasteiger partial charge in [0.2, 0.25) is 5.91 Å². The number of aromatic nitrogens is 1. The molecule has 210 valence electrons. The van der Waals surface area contributed by atoms with E-state index in [0.717, 1.165) is 5.69 Å². The van der Waals surface area contributed by atoms with Crippen LogP contribution in [0.1, 0.15) is 33.9 Å². The van der Waals surface area contributed by atoms with E-state index in [1.54, 1.807) is 30.5 Å². The van der Waals surface area contributed by atoms with Crippen molar-refractivity contribution in [2.75, 3.05) is 31.0 Å². The summed E-state index contributed by atoms with van der Waals surface area (Å²) in [5.41, 5.74) is 2.35. The Bertz CT molecular complexity index is 1610. The number of hydrogen-bond acceptors (Lipinski definition) is 7. The number of methoxy groups -OCH3 is 2. The van der Waals surface area contributed by atoms with Gasteiger partial charge in [-0.3, -0.25) is 9.78 Å². The molecule has 0 unspecified atom stereocenters. The summed E-state index contributed by atoms with van der Waals surface area (Å²) in [6, 6.07) is 18.0. The number of aromatic carboxylic acids is 1. The fourth-order valence-electron chi connectivity index (χ4n) is 4.69. The maximum absolute atomic E-state index is 12.3. The van der Waals surface area contributed by atoms with Crippen molar-refractivity contribution >= 4 is 52.2 Å². The van der Waals surface area contributed by atoms with E-state index in [-0.39, 0.29) is 18.1 Å². The van der Waals surface area contributed by atoms with Crippen LogP contribution in [-0.2, 0) is 9.53 Å². The third-order valence-electron chi connectivity index (χ3n) is 6.51. The SMILES string of the molecule is COCC(=O)Nc1cc(N2C(=S)N[C@@H](c3ccccn3)[C@H]2c2ccc(-c3cc(C(=O)O)ccc3Cl)o2)ccc1OC. The molecule has 1 fully saturated rings. The number of nitrogens with zero attached hydrogens (tertiary/aromatic N) is 2. The number of furan rings is 1. The Balaban J connectivity index is 1.60. The highest BCUT2D eigenvalue weighted by Gasteiger charge is 2.43. The van der Waals surface area contributed by atoms with Crippen LogP contribution in [0.4, 0.5) is 11.4 Å². The van der Waals surface area contributed by atoms with Crippen molar-refractivity contribution < 1.29 is 28.6 Å². The summed E-state index contributed by atoms with van der Waals surface area (Å²) in [5.74, 6) is -0.0331. The van der Waals surface area contributed by atoms with Crippen LogP contribution in [0.25, 0.3) is 11.3 Å². The summed E-state index contributed by atoms with van der Waals surface area (Å²) < 4.78 is 16.7. The molecule has 12 heteroatoms. The molecule has 0 aliphatic carbocycles. The third-order valence-corrected chi connectivity index (χ3v) is 7.15. The van der Waals surface area contributed by atoms with Gasteiger partial charge >= 0.3 is 5.97 Å². The molecule has 41 heavy (non-hydrogen) atoms. The van der Waals surface area contributed by atoms with E-state index in [1.807, 2.05) is 29.2 Å². The number of pyridine rings is 1. The average Bonchev–Trinajstić information content (AvgIpc) is 3.58. The summed E-state index contributed by atoms with van der Waals surface area (Å²) >= 11 is 12.2. The summed E-state index contributed by atoms with van der Waals surface area (Å²) in [4.78, 5) is 30.3. The Morgan fingerprint density at radius 2 is 1.98 bits per heavy atom. The van der Waals surface area contributed by atoms with Crippen LogP contribution in [0.15, 0.2) is 77.3 Å². The van der Waals surface area contributed by atoms with Crippen molar-refractivity contribution in [2.45, 2.75) is 12.1 Å². The molecule has 2 atom stereocenters. The number of carbonyl (C=O) groups is 2. The number of rotatable bonds is 9. The maximum Gasteiger partial charge on any atom is 0.335 e. The molecule has 3 N–H and O–H groups in total. The van der Waals surface area contributed by atoms with Gasteiger partial charge in [-0.1, -0.05) is 17.7 Å². The summed E-state index contributed by atoms with van der Waals surface area (Å²) in [7, 11) is 2.95. The van der Waals surface area contributed by atoms with Gasteiger partial charge in [-0.15, -0.1) is 0 Å². The van der Waals surface area contributed by atoms with Gasteiger partial charge in [0.1, 0.15) is 29.9 Å². The molecule has 4 aromatic rings. The van der Waals surface area contributed by atoms with E-state index >= 15 is 0 Å². The van der Waals surface area contributed by atoms with Gasteiger partial charge in [-0.05, 0) is 72.9 Å². The molecule has 1 aliphatic heterocycles. The first-order valence-corrected chi connectivity index (χ1v) is 13.2. The molecule has 10 nitrogen and oxygen atoms in total. The van der Waals surface area contributed by atoms with Crippen LogP contribution in [0.2, 0.25) is 5.02 Å². The highest BCUT2D eigenvalue weighted by molar-refractivity contribution is 7.80. The molecular weight excluding hydrogens is 568 g/mol. The van der Waals surface area contributed by atoms with Crippen molar-refractivity contribution in [3.8, 4) is 17.1 Å². The van der Waals surface area contributed by atoms with Gasteiger partial charge in [-0.2, -0.15) is 0 Å². The number of halogens is 1. The van der Waals surface area contributed by atoms with Gasteiger partial charge in [0.05, 0.1) is 35.1 Å². The lowest BCUT2D eigenvalue weighted by atomic mass is 10.0. The number of amides is 1. The number of anilines is 2. The lowest BCUT2D eigenvalue weighted by Gasteiger charge is -2.27. The summed E-state index contributed by atoms with van der Waals surface area (Å²) in [6.07, 6.45) is 1.70. The molecule has 0 saturated carbocycles. The van der Waals surface area contributed by atoms with Crippen LogP contribution in [0.3, 0.4) is 0 Å². The minimum Gasteiger partial charge on any atom is -0.495 e. The van der Waals surface area contributed by atoms with E-state index in [9.17, 15) is 14.7 Å². The smallest absolute Gasteiger partial charge is 0.335 e. The zero-order chi connectivity index (χ0) is 29.1. The number of ether oxygens (including phenoxy) is 2. The van der Waals surface area contributed by atoms with Crippen LogP contribution >= 0.6 is 23.8 Å². The van der Waals surface area contributed by atoms with Crippen molar-refractivity contribution in [3.05, 3.63) is 95.0 Å². The second-order valence-electron chi connectivity index (χ2n) is 9.06. The number of carboxylic acid groups (broad SMARTS) is 1. The molecule has 1 aliphatic rings. The Morgan fingerprint density at radius 1 is 1.15 bits per heavy atom. The highest BCUT2D eigenvalue weighted by atomic mass is 35.5. The quantitative estimate of drug-likeness (QED) is 0.216. The average molecular weight is 593 g/mol. The Hall–Kier alpha value is -4.45. The molecule has 5 rings (SSSR count). The highest BCUT2D eigenvalue weighted by Crippen LogP contribution is 2.44. The number of nitrogens with one attached hydrogen (secondary N) is 2. The van der Waals surface area contributed by atoms with E-state index in [4.69, 9.17) is 37.7 Å². The second kappa shape index (κ2) is 12.0. The molecule has 1 amide bonds. The minimum atomic E-state index is -1.07. The lowest BCUT2D eigenvalue weighted by molar-refractivity contribution is -0.119. The van der Waals surface area contributed by atoms with E-state index < -0.39 is 18.1 Å². The molecule has 0 spiro atoms. The van der Waals surface area contributed by atoms with E-state index in [2.05, 4.69) is 15.6 Å². The first-order chi connectivity index (χ1) is 19.8. The zero-order valence-corrected chi connectivity index (χ0v) is 23.5. The van der Waals surface area contributed by atoms with Gasteiger partial charge in [0.25, 0.3) is 0 Å².